The van der Waals surface area contributed by atoms with Gasteiger partial charge in [0, 0.05) is 23.6 Å². The normalized spacial score (nSPS) is 33.2. The number of carboxylic acids is 1. The highest BCUT2D eigenvalue weighted by atomic mass is 32.2. The fraction of sp³-hybridized carbons (Fsp3) is 0.857. The first kappa shape index (κ1) is 13.3. The number of aliphatic carboxylic acids is 1. The molecule has 2 aliphatic carbocycles. The van der Waals surface area contributed by atoms with Crippen molar-refractivity contribution in [1.29, 1.82) is 0 Å². The number of nitrogens with zero attached hydrogens (tertiary/aromatic N) is 1. The fourth-order valence-electron chi connectivity index (χ4n) is 3.51. The third-order valence-corrected chi connectivity index (χ3v) is 6.29. The zero-order chi connectivity index (χ0) is 13.5. The maximum Gasteiger partial charge on any atom is 0.307 e. The van der Waals surface area contributed by atoms with Gasteiger partial charge >= 0.3 is 5.97 Å². The van der Waals surface area contributed by atoms with E-state index in [9.17, 15) is 9.59 Å². The van der Waals surface area contributed by atoms with Crippen molar-refractivity contribution >= 4 is 23.6 Å². The van der Waals surface area contributed by atoms with Crippen molar-refractivity contribution < 1.29 is 14.7 Å². The summed E-state index contributed by atoms with van der Waals surface area (Å²) in [4.78, 5) is 25.2. The Balaban J connectivity index is 1.62. The molecule has 4 nitrogen and oxygen atoms in total. The molecule has 19 heavy (non-hydrogen) atoms. The molecular weight excluding hydrogens is 262 g/mol. The minimum Gasteiger partial charge on any atom is -0.481 e. The predicted molar refractivity (Wildman–Crippen MR) is 74.1 cm³/mol. The fourth-order valence-corrected chi connectivity index (χ4v) is 5.08. The largest absolute Gasteiger partial charge is 0.481 e. The molecule has 0 aromatic rings. The van der Waals surface area contributed by atoms with Crippen molar-refractivity contribution in [3.05, 3.63) is 0 Å². The van der Waals surface area contributed by atoms with Gasteiger partial charge in [0.25, 0.3) is 0 Å². The van der Waals surface area contributed by atoms with E-state index in [4.69, 9.17) is 5.11 Å². The van der Waals surface area contributed by atoms with Crippen LogP contribution in [-0.2, 0) is 9.59 Å². The molecular formula is C14H21NO3S. The van der Waals surface area contributed by atoms with Gasteiger partial charge in [-0.2, -0.15) is 11.8 Å². The van der Waals surface area contributed by atoms with Crippen molar-refractivity contribution in [3.63, 3.8) is 0 Å². The first-order valence-electron chi connectivity index (χ1n) is 7.27. The van der Waals surface area contributed by atoms with E-state index in [0.717, 1.165) is 18.8 Å². The Hall–Kier alpha value is -0.710. The van der Waals surface area contributed by atoms with Crippen LogP contribution in [-0.4, -0.2) is 45.5 Å². The summed E-state index contributed by atoms with van der Waals surface area (Å²) in [7, 11) is 0. The summed E-state index contributed by atoms with van der Waals surface area (Å²) in [5.74, 6) is -0.351. The molecule has 2 atom stereocenters. The smallest absolute Gasteiger partial charge is 0.307 e. The number of hydrogen-bond acceptors (Lipinski definition) is 3. The van der Waals surface area contributed by atoms with E-state index in [-0.39, 0.29) is 16.6 Å². The number of carboxylic acid groups (broad SMARTS) is 1. The summed E-state index contributed by atoms with van der Waals surface area (Å²) in [6.07, 6.45) is 6.85. The number of rotatable bonds is 2. The Morgan fingerprint density at radius 2 is 1.89 bits per heavy atom. The molecule has 1 spiro atoms. The van der Waals surface area contributed by atoms with Crippen molar-refractivity contribution in [2.24, 2.45) is 11.8 Å². The lowest BCUT2D eigenvalue weighted by atomic mass is 9.87. The third-order valence-electron chi connectivity index (χ3n) is 4.75. The molecule has 3 rings (SSSR count). The Bertz CT molecular complexity index is 387. The standard InChI is InChI=1S/C14H21NO3S/c16-12(10-8-11(10)13(17)18)15-6-7-19-14(9-15)4-2-1-3-5-14/h10-11H,1-9H2,(H,17,18). The highest BCUT2D eigenvalue weighted by Crippen LogP contribution is 2.45. The van der Waals surface area contributed by atoms with Crippen molar-refractivity contribution in [2.45, 2.75) is 43.3 Å². The molecule has 0 aromatic carbocycles. The maximum atomic E-state index is 12.4. The van der Waals surface area contributed by atoms with E-state index in [1.54, 1.807) is 0 Å². The number of hydrogen-bond donors (Lipinski definition) is 1. The summed E-state index contributed by atoms with van der Waals surface area (Å²) in [6, 6.07) is 0. The van der Waals surface area contributed by atoms with Gasteiger partial charge < -0.3 is 10.0 Å². The van der Waals surface area contributed by atoms with Crippen LogP contribution in [0.1, 0.15) is 38.5 Å². The van der Waals surface area contributed by atoms with Crippen molar-refractivity contribution in [3.8, 4) is 0 Å². The highest BCUT2D eigenvalue weighted by Gasteiger charge is 2.51. The zero-order valence-corrected chi connectivity index (χ0v) is 12.0. The first-order chi connectivity index (χ1) is 9.11. The van der Waals surface area contributed by atoms with Gasteiger partial charge in [0.15, 0.2) is 0 Å². The molecule has 0 radical (unpaired) electrons. The lowest BCUT2D eigenvalue weighted by Gasteiger charge is -2.44. The van der Waals surface area contributed by atoms with E-state index >= 15 is 0 Å². The van der Waals surface area contributed by atoms with Gasteiger partial charge in [-0.05, 0) is 19.3 Å². The second-order valence-corrected chi connectivity index (χ2v) is 7.70. The number of amides is 1. The molecule has 1 amide bonds. The number of thioether (sulfide) groups is 1. The van der Waals surface area contributed by atoms with Crippen LogP contribution < -0.4 is 0 Å². The summed E-state index contributed by atoms with van der Waals surface area (Å²) in [5, 5.41) is 8.94. The summed E-state index contributed by atoms with van der Waals surface area (Å²) in [6.45, 7) is 1.65. The van der Waals surface area contributed by atoms with Gasteiger partial charge in [-0.1, -0.05) is 19.3 Å². The predicted octanol–water partition coefficient (Wildman–Crippen LogP) is 1.99. The monoisotopic (exact) mass is 283 g/mol. The third kappa shape index (κ3) is 2.62. The topological polar surface area (TPSA) is 57.6 Å². The molecule has 1 heterocycles. The van der Waals surface area contributed by atoms with Crippen LogP contribution in [0.5, 0.6) is 0 Å². The van der Waals surface area contributed by atoms with Crippen LogP contribution in [0.25, 0.3) is 0 Å². The van der Waals surface area contributed by atoms with Crippen LogP contribution in [0.3, 0.4) is 0 Å². The zero-order valence-electron chi connectivity index (χ0n) is 11.1. The minimum absolute atomic E-state index is 0.0950. The molecule has 1 N–H and O–H groups in total. The number of carbonyl (C=O) groups is 2. The van der Waals surface area contributed by atoms with E-state index in [1.807, 2.05) is 16.7 Å². The molecule has 5 heteroatoms. The average molecular weight is 283 g/mol. The molecule has 0 aromatic heterocycles. The van der Waals surface area contributed by atoms with E-state index < -0.39 is 11.9 Å². The second-order valence-electron chi connectivity index (χ2n) is 6.14. The van der Waals surface area contributed by atoms with E-state index in [0.29, 0.717) is 6.42 Å². The Kier molecular flexibility index (Phi) is 3.50. The van der Waals surface area contributed by atoms with Gasteiger partial charge in [0.1, 0.15) is 0 Å². The van der Waals surface area contributed by atoms with Crippen LogP contribution in [0.15, 0.2) is 0 Å². The Labute approximate surface area is 117 Å². The van der Waals surface area contributed by atoms with Crippen LogP contribution in [0, 0.1) is 11.8 Å². The molecule has 0 bridgehead atoms. The minimum atomic E-state index is -0.808. The van der Waals surface area contributed by atoms with Crippen molar-refractivity contribution in [2.75, 3.05) is 18.8 Å². The second kappa shape index (κ2) is 5.00. The van der Waals surface area contributed by atoms with Gasteiger partial charge in [0.2, 0.25) is 5.91 Å². The van der Waals surface area contributed by atoms with Crippen LogP contribution in [0.4, 0.5) is 0 Å². The van der Waals surface area contributed by atoms with E-state index in [2.05, 4.69) is 0 Å². The lowest BCUT2D eigenvalue weighted by molar-refractivity contribution is -0.142. The molecule has 2 saturated carbocycles. The first-order valence-corrected chi connectivity index (χ1v) is 8.25. The molecule has 1 aliphatic heterocycles. The summed E-state index contributed by atoms with van der Waals surface area (Å²) >= 11 is 2.04. The van der Waals surface area contributed by atoms with Crippen molar-refractivity contribution in [1.82, 2.24) is 4.90 Å². The quantitative estimate of drug-likeness (QED) is 0.842. The van der Waals surface area contributed by atoms with Gasteiger partial charge in [0.05, 0.1) is 11.8 Å². The lowest BCUT2D eigenvalue weighted by Crippen LogP contribution is -2.50. The van der Waals surface area contributed by atoms with Crippen LogP contribution in [0.2, 0.25) is 0 Å². The average Bonchev–Trinajstić information content (AvgIpc) is 3.19. The summed E-state index contributed by atoms with van der Waals surface area (Å²) < 4.78 is 0.278. The molecule has 3 fully saturated rings. The molecule has 3 aliphatic rings. The number of carbonyl (C=O) groups excluding carboxylic acids is 1. The molecule has 106 valence electrons. The SMILES string of the molecule is O=C(O)C1CC1C(=O)N1CCSC2(CCCCC2)C1. The van der Waals surface area contributed by atoms with Gasteiger partial charge in [-0.25, -0.2) is 0 Å². The Morgan fingerprint density at radius 1 is 1.16 bits per heavy atom. The molecule has 1 saturated heterocycles. The van der Waals surface area contributed by atoms with Gasteiger partial charge in [-0.15, -0.1) is 0 Å². The molecule has 2 unspecified atom stereocenters. The highest BCUT2D eigenvalue weighted by molar-refractivity contribution is 8.00. The Morgan fingerprint density at radius 3 is 2.53 bits per heavy atom. The van der Waals surface area contributed by atoms with Gasteiger partial charge in [-0.3, -0.25) is 9.59 Å². The summed E-state index contributed by atoms with van der Waals surface area (Å²) in [5.41, 5.74) is 0. The van der Waals surface area contributed by atoms with Crippen LogP contribution >= 0.6 is 11.8 Å². The van der Waals surface area contributed by atoms with E-state index in [1.165, 1.54) is 32.1 Å². The maximum absolute atomic E-state index is 12.4.